The summed E-state index contributed by atoms with van der Waals surface area (Å²) in [7, 11) is 0. The first-order valence-corrected chi connectivity index (χ1v) is 5.88. The van der Waals surface area contributed by atoms with Gasteiger partial charge in [0.15, 0.2) is 0 Å². The summed E-state index contributed by atoms with van der Waals surface area (Å²) in [5.74, 6) is -0.244. The maximum Gasteiger partial charge on any atom is 0.123 e. The van der Waals surface area contributed by atoms with E-state index in [0.717, 1.165) is 5.56 Å². The van der Waals surface area contributed by atoms with Crippen molar-refractivity contribution >= 4 is 0 Å². The number of halogens is 1. The van der Waals surface area contributed by atoms with E-state index in [-0.39, 0.29) is 11.9 Å². The Morgan fingerprint density at radius 1 is 1.47 bits per heavy atom. The van der Waals surface area contributed by atoms with Gasteiger partial charge in [-0.1, -0.05) is 12.1 Å². The van der Waals surface area contributed by atoms with Crippen LogP contribution >= 0.6 is 0 Å². The molecule has 0 fully saturated rings. The number of hydrogen-bond donors (Lipinski definition) is 2. The van der Waals surface area contributed by atoms with E-state index in [2.05, 4.69) is 5.32 Å². The minimum atomic E-state index is -0.536. The SMILES string of the molecule is CCOCC(O)CN[C@@H](C)c1cccc(F)c1. The van der Waals surface area contributed by atoms with Crippen LogP contribution < -0.4 is 5.32 Å². The first-order valence-electron chi connectivity index (χ1n) is 5.88. The topological polar surface area (TPSA) is 41.5 Å². The average Bonchev–Trinajstić information content (AvgIpc) is 2.33. The standard InChI is InChI=1S/C13H20FNO2/c1-3-17-9-13(16)8-15-10(2)11-5-4-6-12(14)7-11/h4-7,10,13,15-16H,3,8-9H2,1-2H3/t10-,13?/m0/s1. The molecule has 4 heteroatoms. The molecule has 0 aliphatic carbocycles. The van der Waals surface area contributed by atoms with Crippen LogP contribution in [0.15, 0.2) is 24.3 Å². The molecule has 0 amide bonds. The largest absolute Gasteiger partial charge is 0.389 e. The van der Waals surface area contributed by atoms with Crippen LogP contribution in [0.4, 0.5) is 4.39 Å². The highest BCUT2D eigenvalue weighted by atomic mass is 19.1. The van der Waals surface area contributed by atoms with Gasteiger partial charge in [0, 0.05) is 19.2 Å². The lowest BCUT2D eigenvalue weighted by atomic mass is 10.1. The van der Waals surface area contributed by atoms with E-state index in [4.69, 9.17) is 4.74 Å². The highest BCUT2D eigenvalue weighted by Crippen LogP contribution is 2.13. The van der Waals surface area contributed by atoms with E-state index >= 15 is 0 Å². The van der Waals surface area contributed by atoms with E-state index in [0.29, 0.717) is 19.8 Å². The van der Waals surface area contributed by atoms with Crippen molar-refractivity contribution in [2.45, 2.75) is 26.0 Å². The molecule has 0 bridgehead atoms. The predicted octanol–water partition coefficient (Wildman–Crippen LogP) is 1.87. The number of aliphatic hydroxyl groups is 1. The summed E-state index contributed by atoms with van der Waals surface area (Å²) in [6.07, 6.45) is -0.536. The predicted molar refractivity (Wildman–Crippen MR) is 65.3 cm³/mol. The zero-order valence-electron chi connectivity index (χ0n) is 10.3. The molecule has 1 rings (SSSR count). The van der Waals surface area contributed by atoms with Crippen molar-refractivity contribution in [3.63, 3.8) is 0 Å². The van der Waals surface area contributed by atoms with Crippen molar-refractivity contribution in [2.24, 2.45) is 0 Å². The molecule has 1 aromatic rings. The van der Waals surface area contributed by atoms with Crippen molar-refractivity contribution in [3.05, 3.63) is 35.6 Å². The number of ether oxygens (including phenoxy) is 1. The first-order chi connectivity index (χ1) is 8.13. The Morgan fingerprint density at radius 2 is 2.24 bits per heavy atom. The Bertz CT molecular complexity index is 333. The van der Waals surface area contributed by atoms with Crippen LogP contribution in [-0.2, 0) is 4.74 Å². The van der Waals surface area contributed by atoms with Crippen LogP contribution in [0.2, 0.25) is 0 Å². The second kappa shape index (κ2) is 7.37. The van der Waals surface area contributed by atoms with Gasteiger partial charge in [0.05, 0.1) is 12.7 Å². The molecule has 0 spiro atoms. The molecule has 0 aliphatic heterocycles. The van der Waals surface area contributed by atoms with Crippen LogP contribution in [0.1, 0.15) is 25.5 Å². The summed E-state index contributed by atoms with van der Waals surface area (Å²) in [5, 5.41) is 12.7. The lowest BCUT2D eigenvalue weighted by Crippen LogP contribution is -2.32. The molecular formula is C13H20FNO2. The van der Waals surface area contributed by atoms with Crippen molar-refractivity contribution in [2.75, 3.05) is 19.8 Å². The van der Waals surface area contributed by atoms with Gasteiger partial charge in [-0.15, -0.1) is 0 Å². The fraction of sp³-hybridized carbons (Fsp3) is 0.538. The quantitative estimate of drug-likeness (QED) is 0.765. The summed E-state index contributed by atoms with van der Waals surface area (Å²) in [4.78, 5) is 0. The van der Waals surface area contributed by atoms with Gasteiger partial charge in [-0.2, -0.15) is 0 Å². The maximum atomic E-state index is 13.0. The van der Waals surface area contributed by atoms with Gasteiger partial charge < -0.3 is 15.2 Å². The van der Waals surface area contributed by atoms with Crippen LogP contribution in [0.5, 0.6) is 0 Å². The maximum absolute atomic E-state index is 13.0. The fourth-order valence-corrected chi connectivity index (χ4v) is 1.52. The van der Waals surface area contributed by atoms with Crippen LogP contribution in [-0.4, -0.2) is 31.0 Å². The number of nitrogens with one attached hydrogen (secondary N) is 1. The monoisotopic (exact) mass is 241 g/mol. The van der Waals surface area contributed by atoms with Gasteiger partial charge in [-0.05, 0) is 31.5 Å². The summed E-state index contributed by atoms with van der Waals surface area (Å²) in [6.45, 7) is 5.16. The van der Waals surface area contributed by atoms with Crippen LogP contribution in [0, 0.1) is 5.82 Å². The fourth-order valence-electron chi connectivity index (χ4n) is 1.52. The zero-order chi connectivity index (χ0) is 12.7. The van der Waals surface area contributed by atoms with Crippen molar-refractivity contribution in [3.8, 4) is 0 Å². The minimum Gasteiger partial charge on any atom is -0.389 e. The van der Waals surface area contributed by atoms with Gasteiger partial charge in [0.2, 0.25) is 0 Å². The lowest BCUT2D eigenvalue weighted by Gasteiger charge is -2.17. The van der Waals surface area contributed by atoms with Gasteiger partial charge in [-0.3, -0.25) is 0 Å². The van der Waals surface area contributed by atoms with Gasteiger partial charge in [0.1, 0.15) is 5.82 Å². The van der Waals surface area contributed by atoms with Gasteiger partial charge in [0.25, 0.3) is 0 Å². The molecule has 3 nitrogen and oxygen atoms in total. The summed E-state index contributed by atoms with van der Waals surface area (Å²) < 4.78 is 18.1. The van der Waals surface area contributed by atoms with E-state index in [1.165, 1.54) is 12.1 Å². The summed E-state index contributed by atoms with van der Waals surface area (Å²) in [5.41, 5.74) is 0.869. The number of benzene rings is 1. The molecule has 1 aromatic carbocycles. The smallest absolute Gasteiger partial charge is 0.123 e. The second-order valence-electron chi connectivity index (χ2n) is 4.00. The Balaban J connectivity index is 2.36. The third kappa shape index (κ3) is 5.26. The molecule has 0 saturated carbocycles. The van der Waals surface area contributed by atoms with Crippen molar-refractivity contribution < 1.29 is 14.2 Å². The highest BCUT2D eigenvalue weighted by Gasteiger charge is 2.09. The molecule has 2 N–H and O–H groups in total. The van der Waals surface area contributed by atoms with E-state index in [9.17, 15) is 9.50 Å². The Morgan fingerprint density at radius 3 is 2.88 bits per heavy atom. The lowest BCUT2D eigenvalue weighted by molar-refractivity contribution is 0.0416. The van der Waals surface area contributed by atoms with Crippen LogP contribution in [0.25, 0.3) is 0 Å². The minimum absolute atomic E-state index is 0.00183. The zero-order valence-corrected chi connectivity index (χ0v) is 10.3. The average molecular weight is 241 g/mol. The number of aliphatic hydroxyl groups excluding tert-OH is 1. The molecule has 17 heavy (non-hydrogen) atoms. The number of rotatable bonds is 7. The molecule has 96 valence electrons. The molecule has 0 aromatic heterocycles. The first kappa shape index (κ1) is 14.1. The van der Waals surface area contributed by atoms with Crippen molar-refractivity contribution in [1.29, 1.82) is 0 Å². The molecule has 2 atom stereocenters. The third-order valence-electron chi connectivity index (χ3n) is 2.52. The van der Waals surface area contributed by atoms with Crippen molar-refractivity contribution in [1.82, 2.24) is 5.32 Å². The molecule has 0 radical (unpaired) electrons. The molecular weight excluding hydrogens is 221 g/mol. The Hall–Kier alpha value is -0.970. The highest BCUT2D eigenvalue weighted by molar-refractivity contribution is 5.19. The van der Waals surface area contributed by atoms with E-state index < -0.39 is 6.10 Å². The number of hydrogen-bond acceptors (Lipinski definition) is 3. The second-order valence-corrected chi connectivity index (χ2v) is 4.00. The normalized spacial score (nSPS) is 14.6. The summed E-state index contributed by atoms with van der Waals surface area (Å²) in [6, 6.07) is 6.45. The third-order valence-corrected chi connectivity index (χ3v) is 2.52. The molecule has 0 heterocycles. The Kier molecular flexibility index (Phi) is 6.11. The van der Waals surface area contributed by atoms with Gasteiger partial charge >= 0.3 is 0 Å². The summed E-state index contributed by atoms with van der Waals surface area (Å²) >= 11 is 0. The van der Waals surface area contributed by atoms with E-state index in [1.54, 1.807) is 6.07 Å². The van der Waals surface area contributed by atoms with Gasteiger partial charge in [-0.25, -0.2) is 4.39 Å². The molecule has 0 saturated heterocycles. The molecule has 0 aliphatic rings. The molecule has 1 unspecified atom stereocenters. The van der Waals surface area contributed by atoms with E-state index in [1.807, 2.05) is 19.9 Å². The van der Waals surface area contributed by atoms with Crippen LogP contribution in [0.3, 0.4) is 0 Å². The Labute approximate surface area is 102 Å².